The first kappa shape index (κ1) is 20.5. The van der Waals surface area contributed by atoms with Crippen LogP contribution >= 0.6 is 0 Å². The molecule has 144 valence electrons. The number of aryl methyl sites for hydroxylation is 1. The minimum Gasteiger partial charge on any atom is -0.357 e. The van der Waals surface area contributed by atoms with Gasteiger partial charge in [-0.1, -0.05) is 42.5 Å². The molecule has 0 aliphatic rings. The minimum atomic E-state index is -0.0766. The average Bonchev–Trinajstić information content (AvgIpc) is 2.71. The Balaban J connectivity index is 1.90. The highest BCUT2D eigenvalue weighted by Gasteiger charge is 2.06. The summed E-state index contributed by atoms with van der Waals surface area (Å²) in [7, 11) is 1.63. The van der Waals surface area contributed by atoms with Crippen molar-refractivity contribution in [2.45, 2.75) is 39.3 Å². The van der Waals surface area contributed by atoms with E-state index in [9.17, 15) is 4.79 Å². The van der Waals surface area contributed by atoms with Crippen LogP contribution in [0.2, 0.25) is 0 Å². The van der Waals surface area contributed by atoms with Gasteiger partial charge in [0.2, 0.25) is 0 Å². The lowest BCUT2D eigenvalue weighted by molar-refractivity contribution is 0.0963. The first-order chi connectivity index (χ1) is 13.1. The fraction of sp³-hybridized carbons (Fsp3) is 0.364. The minimum absolute atomic E-state index is 0.0766. The molecule has 5 nitrogen and oxygen atoms in total. The van der Waals surface area contributed by atoms with Crippen LogP contribution in [0.1, 0.15) is 41.8 Å². The van der Waals surface area contributed by atoms with E-state index in [0.29, 0.717) is 18.2 Å². The second-order valence-electron chi connectivity index (χ2n) is 6.54. The first-order valence-electron chi connectivity index (χ1n) is 9.52. The van der Waals surface area contributed by atoms with E-state index < -0.39 is 0 Å². The Morgan fingerprint density at radius 3 is 2.37 bits per heavy atom. The third kappa shape index (κ3) is 7.13. The fourth-order valence-electron chi connectivity index (χ4n) is 2.73. The van der Waals surface area contributed by atoms with Crippen LogP contribution in [-0.2, 0) is 13.0 Å². The quantitative estimate of drug-likeness (QED) is 0.497. The SMILES string of the molecule is CCNC(=NCc1ccc(C(=O)NC)cc1)NC(C)CCc1ccccc1. The zero-order chi connectivity index (χ0) is 19.5. The summed E-state index contributed by atoms with van der Waals surface area (Å²) in [5.41, 5.74) is 3.07. The Hall–Kier alpha value is -2.82. The molecule has 0 saturated carbocycles. The highest BCUT2D eigenvalue weighted by atomic mass is 16.1. The number of nitrogens with zero attached hydrogens (tertiary/aromatic N) is 1. The van der Waals surface area contributed by atoms with Crippen LogP contribution in [-0.4, -0.2) is 31.5 Å². The standard InChI is InChI=1S/C22H30N4O/c1-4-24-22(26-17(2)10-11-18-8-6-5-7-9-18)25-16-19-12-14-20(15-13-19)21(27)23-3/h5-9,12-15,17H,4,10-11,16H2,1-3H3,(H,23,27)(H2,24,25,26). The Labute approximate surface area is 162 Å². The summed E-state index contributed by atoms with van der Waals surface area (Å²) < 4.78 is 0. The zero-order valence-corrected chi connectivity index (χ0v) is 16.5. The molecule has 0 aliphatic carbocycles. The lowest BCUT2D eigenvalue weighted by Gasteiger charge is -2.18. The Morgan fingerprint density at radius 1 is 1.04 bits per heavy atom. The van der Waals surface area contributed by atoms with Crippen molar-refractivity contribution < 1.29 is 4.79 Å². The molecule has 1 amide bonds. The number of aliphatic imine (C=N–C) groups is 1. The Bertz CT molecular complexity index is 726. The van der Waals surface area contributed by atoms with Crippen LogP contribution in [0.25, 0.3) is 0 Å². The second kappa shape index (κ2) is 11.0. The van der Waals surface area contributed by atoms with Gasteiger partial charge in [0.05, 0.1) is 6.54 Å². The molecule has 0 aliphatic heterocycles. The highest BCUT2D eigenvalue weighted by Crippen LogP contribution is 2.07. The van der Waals surface area contributed by atoms with Gasteiger partial charge in [0, 0.05) is 25.2 Å². The lowest BCUT2D eigenvalue weighted by atomic mass is 10.1. The van der Waals surface area contributed by atoms with Crippen molar-refractivity contribution in [1.29, 1.82) is 0 Å². The maximum absolute atomic E-state index is 11.6. The van der Waals surface area contributed by atoms with Crippen LogP contribution in [0.4, 0.5) is 0 Å². The smallest absolute Gasteiger partial charge is 0.251 e. The van der Waals surface area contributed by atoms with Gasteiger partial charge in [0.15, 0.2) is 5.96 Å². The average molecular weight is 367 g/mol. The third-order valence-electron chi connectivity index (χ3n) is 4.30. The summed E-state index contributed by atoms with van der Waals surface area (Å²) in [4.78, 5) is 16.3. The van der Waals surface area contributed by atoms with Gasteiger partial charge in [-0.15, -0.1) is 0 Å². The Morgan fingerprint density at radius 2 is 1.74 bits per heavy atom. The number of benzene rings is 2. The molecule has 0 saturated heterocycles. The molecule has 1 atom stereocenters. The number of rotatable bonds is 8. The zero-order valence-electron chi connectivity index (χ0n) is 16.5. The van der Waals surface area contributed by atoms with E-state index in [4.69, 9.17) is 0 Å². The molecule has 5 heteroatoms. The molecule has 2 aromatic carbocycles. The largest absolute Gasteiger partial charge is 0.357 e. The van der Waals surface area contributed by atoms with E-state index in [1.165, 1.54) is 5.56 Å². The van der Waals surface area contributed by atoms with Crippen LogP contribution in [0.3, 0.4) is 0 Å². The number of amides is 1. The second-order valence-corrected chi connectivity index (χ2v) is 6.54. The summed E-state index contributed by atoms with van der Waals surface area (Å²) in [6, 6.07) is 18.4. The molecule has 0 fully saturated rings. The number of carbonyl (C=O) groups excluding carboxylic acids is 1. The van der Waals surface area contributed by atoms with Crippen LogP contribution in [0.5, 0.6) is 0 Å². The molecule has 0 heterocycles. The fourth-order valence-corrected chi connectivity index (χ4v) is 2.73. The summed E-state index contributed by atoms with van der Waals surface area (Å²) >= 11 is 0. The van der Waals surface area contributed by atoms with E-state index in [-0.39, 0.29) is 5.91 Å². The van der Waals surface area contributed by atoms with Crippen molar-refractivity contribution in [3.63, 3.8) is 0 Å². The molecule has 0 bridgehead atoms. The number of guanidine groups is 1. The predicted octanol–water partition coefficient (Wildman–Crippen LogP) is 3.12. The van der Waals surface area contributed by atoms with Gasteiger partial charge in [-0.2, -0.15) is 0 Å². The van der Waals surface area contributed by atoms with Crippen LogP contribution in [0, 0.1) is 0 Å². The third-order valence-corrected chi connectivity index (χ3v) is 4.30. The number of nitrogens with one attached hydrogen (secondary N) is 3. The molecule has 2 aromatic rings. The molecule has 1 unspecified atom stereocenters. The highest BCUT2D eigenvalue weighted by molar-refractivity contribution is 5.93. The summed E-state index contributed by atoms with van der Waals surface area (Å²) in [6.07, 6.45) is 2.07. The lowest BCUT2D eigenvalue weighted by Crippen LogP contribution is -2.42. The molecule has 27 heavy (non-hydrogen) atoms. The van der Waals surface area contributed by atoms with Crippen molar-refractivity contribution in [3.05, 3.63) is 71.3 Å². The predicted molar refractivity (Wildman–Crippen MR) is 112 cm³/mol. The van der Waals surface area contributed by atoms with E-state index in [1.807, 2.05) is 30.3 Å². The van der Waals surface area contributed by atoms with Crippen molar-refractivity contribution >= 4 is 11.9 Å². The maximum Gasteiger partial charge on any atom is 0.251 e. The van der Waals surface area contributed by atoms with E-state index in [1.54, 1.807) is 7.05 Å². The van der Waals surface area contributed by atoms with Crippen molar-refractivity contribution in [2.24, 2.45) is 4.99 Å². The van der Waals surface area contributed by atoms with Gasteiger partial charge in [-0.25, -0.2) is 4.99 Å². The van der Waals surface area contributed by atoms with E-state index in [2.05, 4.69) is 59.1 Å². The molecule has 0 aromatic heterocycles. The molecular formula is C22H30N4O. The van der Waals surface area contributed by atoms with Gasteiger partial charge < -0.3 is 16.0 Å². The van der Waals surface area contributed by atoms with Crippen LogP contribution < -0.4 is 16.0 Å². The monoisotopic (exact) mass is 366 g/mol. The molecule has 0 spiro atoms. The van der Waals surface area contributed by atoms with Crippen molar-refractivity contribution in [1.82, 2.24) is 16.0 Å². The summed E-state index contributed by atoms with van der Waals surface area (Å²) in [5, 5.41) is 9.39. The van der Waals surface area contributed by atoms with E-state index >= 15 is 0 Å². The molecule has 0 radical (unpaired) electrons. The number of carbonyl (C=O) groups is 1. The van der Waals surface area contributed by atoms with Crippen LogP contribution in [0.15, 0.2) is 59.6 Å². The molecular weight excluding hydrogens is 336 g/mol. The van der Waals surface area contributed by atoms with Crippen molar-refractivity contribution in [2.75, 3.05) is 13.6 Å². The normalized spacial score (nSPS) is 12.3. The van der Waals surface area contributed by atoms with Gasteiger partial charge in [-0.05, 0) is 49.9 Å². The van der Waals surface area contributed by atoms with E-state index in [0.717, 1.165) is 30.9 Å². The number of hydrogen-bond donors (Lipinski definition) is 3. The maximum atomic E-state index is 11.6. The van der Waals surface area contributed by atoms with Gasteiger partial charge in [-0.3, -0.25) is 4.79 Å². The topological polar surface area (TPSA) is 65.5 Å². The molecule has 2 rings (SSSR count). The Kier molecular flexibility index (Phi) is 8.36. The van der Waals surface area contributed by atoms with Gasteiger partial charge in [0.1, 0.15) is 0 Å². The summed E-state index contributed by atoms with van der Waals surface area (Å²) in [6.45, 7) is 5.61. The van der Waals surface area contributed by atoms with Gasteiger partial charge in [0.25, 0.3) is 5.91 Å². The van der Waals surface area contributed by atoms with Crippen molar-refractivity contribution in [3.8, 4) is 0 Å². The number of hydrogen-bond acceptors (Lipinski definition) is 2. The van der Waals surface area contributed by atoms with Gasteiger partial charge >= 0.3 is 0 Å². The first-order valence-corrected chi connectivity index (χ1v) is 9.52. The summed E-state index contributed by atoms with van der Waals surface area (Å²) in [5.74, 6) is 0.737. The molecule has 3 N–H and O–H groups in total.